The van der Waals surface area contributed by atoms with Gasteiger partial charge in [0, 0.05) is 24.6 Å². The summed E-state index contributed by atoms with van der Waals surface area (Å²) in [4.78, 5) is 4.50. The first-order chi connectivity index (χ1) is 16.8. The summed E-state index contributed by atoms with van der Waals surface area (Å²) in [5.41, 5.74) is 1.29. The average molecular weight is 551 g/mol. The van der Waals surface area contributed by atoms with Crippen molar-refractivity contribution in [3.05, 3.63) is 88.7 Å². The molecule has 0 radical (unpaired) electrons. The highest BCUT2D eigenvalue weighted by molar-refractivity contribution is 7.93. The number of hydrogen-bond acceptors (Lipinski definition) is 5. The lowest BCUT2D eigenvalue weighted by Gasteiger charge is -2.30. The van der Waals surface area contributed by atoms with Crippen LogP contribution < -0.4 is 0 Å². The summed E-state index contributed by atoms with van der Waals surface area (Å²) < 4.78 is 44.9. The molecule has 1 unspecified atom stereocenters. The van der Waals surface area contributed by atoms with E-state index < -0.39 is 25.5 Å². The lowest BCUT2D eigenvalue weighted by Crippen LogP contribution is -2.36. The van der Waals surface area contributed by atoms with Crippen LogP contribution in [0.1, 0.15) is 31.5 Å². The van der Waals surface area contributed by atoms with Gasteiger partial charge < -0.3 is 9.84 Å². The van der Waals surface area contributed by atoms with Crippen LogP contribution in [0.3, 0.4) is 0 Å². The van der Waals surface area contributed by atoms with Gasteiger partial charge in [0.2, 0.25) is 4.21 Å². The molecule has 0 bridgehead atoms. The summed E-state index contributed by atoms with van der Waals surface area (Å²) in [6, 6.07) is 11.6. The number of methoxy groups -OCH3 is 1. The molecule has 0 spiro atoms. The fourth-order valence-corrected chi connectivity index (χ4v) is 5.49. The Labute approximate surface area is 219 Å². The standard InChI is InChI=1S/C26H25Cl2FN2O4S/c1-25(2,32)21-15-31(24(30-21)23-19(27)6-5-7-20(23)29)18-11-8-16(9-12-18)17-10-13-22(35-3)26(28,14-17)36(4,33)34/h5-13,15,32H,14H2,1-4H3. The predicted molar refractivity (Wildman–Crippen MR) is 140 cm³/mol. The molecule has 0 aliphatic heterocycles. The summed E-state index contributed by atoms with van der Waals surface area (Å²) in [5.74, 6) is -0.138. The van der Waals surface area contributed by atoms with Crippen LogP contribution >= 0.6 is 23.2 Å². The number of benzene rings is 2. The van der Waals surface area contributed by atoms with Gasteiger partial charge >= 0.3 is 0 Å². The normalized spacial score (nSPS) is 18.6. The SMILES string of the molecule is COC1=CC=C(c2ccc(-n3cc(C(C)(C)O)nc3-c3c(F)cccc3Cl)cc2)CC1(Cl)S(C)(=O)=O. The molecule has 1 atom stereocenters. The number of imidazole rings is 1. The van der Waals surface area contributed by atoms with E-state index in [1.165, 1.54) is 19.2 Å². The molecule has 6 nitrogen and oxygen atoms in total. The van der Waals surface area contributed by atoms with Crippen molar-refractivity contribution in [2.75, 3.05) is 13.4 Å². The number of ether oxygens (including phenoxy) is 1. The van der Waals surface area contributed by atoms with Gasteiger partial charge in [0.25, 0.3) is 0 Å². The number of allylic oxidation sites excluding steroid dienone is 3. The number of alkyl halides is 1. The molecule has 0 saturated heterocycles. The molecule has 2 aromatic carbocycles. The highest BCUT2D eigenvalue weighted by Gasteiger charge is 2.46. The van der Waals surface area contributed by atoms with Gasteiger partial charge in [-0.05, 0) is 55.3 Å². The molecule has 190 valence electrons. The molecule has 1 N–H and O–H groups in total. The Morgan fingerprint density at radius 2 is 1.83 bits per heavy atom. The zero-order valence-corrected chi connectivity index (χ0v) is 22.4. The first-order valence-corrected chi connectivity index (χ1v) is 13.6. The van der Waals surface area contributed by atoms with E-state index in [1.54, 1.807) is 55.0 Å². The van der Waals surface area contributed by atoms with Crippen molar-refractivity contribution in [1.29, 1.82) is 0 Å². The Bertz CT molecular complexity index is 1470. The minimum absolute atomic E-state index is 0.0242. The molecule has 3 aromatic rings. The first kappa shape index (κ1) is 26.4. The van der Waals surface area contributed by atoms with E-state index in [9.17, 15) is 17.9 Å². The van der Waals surface area contributed by atoms with E-state index in [0.29, 0.717) is 17.0 Å². The van der Waals surface area contributed by atoms with Gasteiger partial charge in [-0.3, -0.25) is 4.57 Å². The Hall–Kier alpha value is -2.65. The molecule has 36 heavy (non-hydrogen) atoms. The molecule has 0 fully saturated rings. The van der Waals surface area contributed by atoms with Crippen molar-refractivity contribution in [3.8, 4) is 17.1 Å². The Kier molecular flexibility index (Phi) is 6.85. The number of nitrogens with zero attached hydrogens (tertiary/aromatic N) is 2. The van der Waals surface area contributed by atoms with Crippen LogP contribution in [-0.2, 0) is 20.2 Å². The lowest BCUT2D eigenvalue weighted by molar-refractivity contribution is 0.0743. The molecule has 0 saturated carbocycles. The van der Waals surface area contributed by atoms with Crippen molar-refractivity contribution in [2.45, 2.75) is 30.1 Å². The number of aliphatic hydroxyl groups is 1. The molecule has 1 aromatic heterocycles. The summed E-state index contributed by atoms with van der Waals surface area (Å²) >= 11 is 12.9. The van der Waals surface area contributed by atoms with Crippen molar-refractivity contribution >= 4 is 38.6 Å². The van der Waals surface area contributed by atoms with E-state index in [2.05, 4.69) is 4.98 Å². The van der Waals surface area contributed by atoms with Gasteiger partial charge in [-0.1, -0.05) is 47.5 Å². The quantitative estimate of drug-likeness (QED) is 0.389. The van der Waals surface area contributed by atoms with Crippen molar-refractivity contribution in [1.82, 2.24) is 9.55 Å². The largest absolute Gasteiger partial charge is 0.498 e. The van der Waals surface area contributed by atoms with Gasteiger partial charge in [-0.15, -0.1) is 0 Å². The molecule has 1 aliphatic carbocycles. The second-order valence-electron chi connectivity index (χ2n) is 9.13. The van der Waals surface area contributed by atoms with E-state index in [1.807, 2.05) is 12.1 Å². The maximum absolute atomic E-state index is 14.8. The van der Waals surface area contributed by atoms with Crippen LogP contribution in [0.15, 0.2) is 66.6 Å². The monoisotopic (exact) mass is 550 g/mol. The molecule has 10 heteroatoms. The number of halogens is 3. The second-order valence-corrected chi connectivity index (χ2v) is 12.6. The number of rotatable bonds is 6. The minimum Gasteiger partial charge on any atom is -0.498 e. The molecule has 1 heterocycles. The zero-order chi connectivity index (χ0) is 26.5. The fourth-order valence-electron chi connectivity index (χ4n) is 4.02. The number of sulfone groups is 1. The third-order valence-corrected chi connectivity index (χ3v) is 9.06. The van der Waals surface area contributed by atoms with E-state index in [0.717, 1.165) is 11.8 Å². The minimum atomic E-state index is -3.69. The molecular weight excluding hydrogens is 526 g/mol. The van der Waals surface area contributed by atoms with Crippen LogP contribution in [-0.4, -0.2) is 40.6 Å². The van der Waals surface area contributed by atoms with Crippen molar-refractivity contribution in [3.63, 3.8) is 0 Å². The molecular formula is C26H25Cl2FN2O4S. The first-order valence-electron chi connectivity index (χ1n) is 11.0. The molecule has 4 rings (SSSR count). The van der Waals surface area contributed by atoms with Gasteiger partial charge in [-0.2, -0.15) is 0 Å². The van der Waals surface area contributed by atoms with E-state index in [-0.39, 0.29) is 28.6 Å². The second kappa shape index (κ2) is 9.34. The maximum atomic E-state index is 14.8. The van der Waals surface area contributed by atoms with Gasteiger partial charge in [0.1, 0.15) is 23.0 Å². The van der Waals surface area contributed by atoms with Gasteiger partial charge in [0.05, 0.1) is 23.4 Å². The van der Waals surface area contributed by atoms with Crippen LogP contribution in [0.4, 0.5) is 4.39 Å². The number of aromatic nitrogens is 2. The maximum Gasteiger partial charge on any atom is 0.205 e. The number of hydrogen-bond donors (Lipinski definition) is 1. The van der Waals surface area contributed by atoms with Crippen LogP contribution in [0.2, 0.25) is 5.02 Å². The fraction of sp³-hybridized carbons (Fsp3) is 0.269. The van der Waals surface area contributed by atoms with Gasteiger partial charge in [-0.25, -0.2) is 17.8 Å². The highest BCUT2D eigenvalue weighted by Crippen LogP contribution is 2.43. The topological polar surface area (TPSA) is 81.4 Å². The average Bonchev–Trinajstić information content (AvgIpc) is 3.24. The predicted octanol–water partition coefficient (Wildman–Crippen LogP) is 5.86. The van der Waals surface area contributed by atoms with Gasteiger partial charge in [0.15, 0.2) is 9.84 Å². The Morgan fingerprint density at radius 3 is 2.39 bits per heavy atom. The van der Waals surface area contributed by atoms with Crippen molar-refractivity contribution < 1.29 is 22.7 Å². The zero-order valence-electron chi connectivity index (χ0n) is 20.1. The Balaban J connectivity index is 1.79. The van der Waals surface area contributed by atoms with Crippen LogP contribution in [0, 0.1) is 5.82 Å². The third kappa shape index (κ3) is 4.70. The Morgan fingerprint density at radius 1 is 1.17 bits per heavy atom. The summed E-state index contributed by atoms with van der Waals surface area (Å²) in [7, 11) is -2.30. The van der Waals surface area contributed by atoms with Crippen LogP contribution in [0.25, 0.3) is 22.6 Å². The summed E-state index contributed by atoms with van der Waals surface area (Å²) in [5, 5.41) is 10.7. The van der Waals surface area contributed by atoms with E-state index >= 15 is 0 Å². The van der Waals surface area contributed by atoms with Crippen LogP contribution in [0.5, 0.6) is 0 Å². The highest BCUT2D eigenvalue weighted by atomic mass is 35.5. The molecule has 0 amide bonds. The summed E-state index contributed by atoms with van der Waals surface area (Å²) in [6.07, 6.45) is 6.07. The summed E-state index contributed by atoms with van der Waals surface area (Å²) in [6.45, 7) is 3.18. The van der Waals surface area contributed by atoms with E-state index in [4.69, 9.17) is 27.9 Å². The third-order valence-electron chi connectivity index (χ3n) is 6.06. The van der Waals surface area contributed by atoms with Crippen molar-refractivity contribution in [2.24, 2.45) is 0 Å². The smallest absolute Gasteiger partial charge is 0.205 e. The lowest BCUT2D eigenvalue weighted by atomic mass is 9.95. The molecule has 1 aliphatic rings.